The van der Waals surface area contributed by atoms with E-state index >= 15 is 0 Å². The number of nitrogens with zero attached hydrogens (tertiary/aromatic N) is 1. The number of nitrogens with one attached hydrogen (secondary N) is 2. The van der Waals surface area contributed by atoms with Crippen molar-refractivity contribution in [2.75, 3.05) is 19.6 Å². The number of amides is 1. The second-order valence-corrected chi connectivity index (χ2v) is 4.67. The number of hydrogen-bond acceptors (Lipinski definition) is 2. The summed E-state index contributed by atoms with van der Waals surface area (Å²) in [7, 11) is 0. The van der Waals surface area contributed by atoms with Crippen molar-refractivity contribution in [3.63, 3.8) is 0 Å². The van der Waals surface area contributed by atoms with Gasteiger partial charge in [0, 0.05) is 31.9 Å². The molecule has 1 saturated heterocycles. The molecule has 1 aliphatic heterocycles. The highest BCUT2D eigenvalue weighted by Crippen LogP contribution is 2.15. The predicted octanol–water partition coefficient (Wildman–Crippen LogP) is 0.994. The van der Waals surface area contributed by atoms with Crippen LogP contribution in [0.2, 0.25) is 0 Å². The fraction of sp³-hybridized carbons (Fsp3) is 0.615. The minimum Gasteiger partial charge on any atom is -0.354 e. The minimum atomic E-state index is 0.198. The van der Waals surface area contributed by atoms with Gasteiger partial charge >= 0.3 is 0 Å². The quantitative estimate of drug-likeness (QED) is 0.799. The second kappa shape index (κ2) is 6.45. The molecule has 0 aromatic carbocycles. The number of rotatable bonds is 5. The minimum absolute atomic E-state index is 0.198. The van der Waals surface area contributed by atoms with Gasteiger partial charge in [-0.05, 0) is 44.0 Å². The average Bonchev–Trinajstić information content (AvgIpc) is 2.83. The topological polar surface area (TPSA) is 46.1 Å². The molecule has 0 unspecified atom stereocenters. The molecule has 1 aliphatic rings. The smallest absolute Gasteiger partial charge is 0.220 e. The van der Waals surface area contributed by atoms with Crippen molar-refractivity contribution in [1.29, 1.82) is 0 Å². The van der Waals surface area contributed by atoms with Crippen LogP contribution in [0.4, 0.5) is 0 Å². The molecular weight excluding hydrogens is 214 g/mol. The molecule has 2 rings (SSSR count). The molecule has 2 N–H and O–H groups in total. The van der Waals surface area contributed by atoms with Crippen molar-refractivity contribution >= 4 is 5.91 Å². The third-order valence-corrected chi connectivity index (χ3v) is 3.29. The normalized spacial score (nSPS) is 16.9. The van der Waals surface area contributed by atoms with Crippen LogP contribution in [-0.4, -0.2) is 30.1 Å². The zero-order valence-corrected chi connectivity index (χ0v) is 10.2. The molecule has 4 nitrogen and oxygen atoms in total. The van der Waals surface area contributed by atoms with Gasteiger partial charge in [-0.2, -0.15) is 0 Å². The molecule has 0 bridgehead atoms. The molecule has 4 heteroatoms. The van der Waals surface area contributed by atoms with Crippen LogP contribution in [0, 0.1) is 5.92 Å². The van der Waals surface area contributed by atoms with Crippen molar-refractivity contribution < 1.29 is 4.79 Å². The van der Waals surface area contributed by atoms with Crippen LogP contribution >= 0.6 is 0 Å². The van der Waals surface area contributed by atoms with Gasteiger partial charge in [-0.25, -0.2) is 0 Å². The summed E-state index contributed by atoms with van der Waals surface area (Å²) in [6.45, 7) is 3.69. The third kappa shape index (κ3) is 4.23. The maximum absolute atomic E-state index is 11.7. The average molecular weight is 235 g/mol. The number of hydrogen-bond donors (Lipinski definition) is 2. The molecule has 2 heterocycles. The summed E-state index contributed by atoms with van der Waals surface area (Å²) in [5.74, 6) is 0.770. The summed E-state index contributed by atoms with van der Waals surface area (Å²) in [5, 5.41) is 6.30. The number of carbonyl (C=O) groups excluding carboxylic acids is 1. The molecule has 0 aliphatic carbocycles. The van der Waals surface area contributed by atoms with Crippen LogP contribution in [0.25, 0.3) is 0 Å². The first-order valence-electron chi connectivity index (χ1n) is 6.43. The lowest BCUT2D eigenvalue weighted by molar-refractivity contribution is -0.122. The molecule has 1 amide bonds. The Morgan fingerprint density at radius 2 is 2.00 bits per heavy atom. The van der Waals surface area contributed by atoms with E-state index in [1.54, 1.807) is 0 Å². The predicted molar refractivity (Wildman–Crippen MR) is 67.7 cm³/mol. The van der Waals surface area contributed by atoms with E-state index in [2.05, 4.69) is 15.2 Å². The first-order chi connectivity index (χ1) is 8.34. The van der Waals surface area contributed by atoms with E-state index in [0.29, 0.717) is 12.3 Å². The van der Waals surface area contributed by atoms with E-state index in [1.165, 1.54) is 0 Å². The number of carbonyl (C=O) groups is 1. The maximum atomic E-state index is 11.7. The maximum Gasteiger partial charge on any atom is 0.220 e. The zero-order valence-electron chi connectivity index (χ0n) is 10.2. The Labute approximate surface area is 102 Å². The van der Waals surface area contributed by atoms with Gasteiger partial charge in [-0.1, -0.05) is 0 Å². The molecule has 0 atom stereocenters. The first-order valence-corrected chi connectivity index (χ1v) is 6.43. The second-order valence-electron chi connectivity index (χ2n) is 4.67. The lowest BCUT2D eigenvalue weighted by atomic mass is 9.94. The van der Waals surface area contributed by atoms with E-state index < -0.39 is 0 Å². The largest absolute Gasteiger partial charge is 0.354 e. The van der Waals surface area contributed by atoms with E-state index in [9.17, 15) is 4.79 Å². The molecule has 0 radical (unpaired) electrons. The van der Waals surface area contributed by atoms with E-state index in [1.807, 2.05) is 24.5 Å². The molecule has 1 aromatic rings. The molecule has 17 heavy (non-hydrogen) atoms. The molecule has 1 fully saturated rings. The molecule has 94 valence electrons. The Morgan fingerprint density at radius 3 is 2.71 bits per heavy atom. The highest BCUT2D eigenvalue weighted by molar-refractivity contribution is 5.76. The zero-order chi connectivity index (χ0) is 11.9. The van der Waals surface area contributed by atoms with Crippen LogP contribution < -0.4 is 10.6 Å². The third-order valence-electron chi connectivity index (χ3n) is 3.29. The monoisotopic (exact) mass is 235 g/mol. The van der Waals surface area contributed by atoms with Gasteiger partial charge in [0.2, 0.25) is 5.91 Å². The van der Waals surface area contributed by atoms with E-state index in [-0.39, 0.29) is 5.91 Å². The van der Waals surface area contributed by atoms with Crippen molar-refractivity contribution in [2.24, 2.45) is 5.92 Å². The molecular formula is C13H21N3O. The van der Waals surface area contributed by atoms with Gasteiger partial charge in [-0.3, -0.25) is 4.79 Å². The SMILES string of the molecule is O=C(CC1CCNCC1)NCCn1cccc1. The Balaban J connectivity index is 1.60. The van der Waals surface area contributed by atoms with Crippen LogP contribution in [0.3, 0.4) is 0 Å². The van der Waals surface area contributed by atoms with E-state index in [0.717, 1.165) is 39.0 Å². The number of aromatic nitrogens is 1. The fourth-order valence-corrected chi connectivity index (χ4v) is 2.26. The Morgan fingerprint density at radius 1 is 1.29 bits per heavy atom. The summed E-state index contributed by atoms with van der Waals surface area (Å²) >= 11 is 0. The van der Waals surface area contributed by atoms with Gasteiger partial charge < -0.3 is 15.2 Å². The summed E-state index contributed by atoms with van der Waals surface area (Å²) < 4.78 is 2.07. The van der Waals surface area contributed by atoms with Crippen molar-refractivity contribution in [3.05, 3.63) is 24.5 Å². The Kier molecular flexibility index (Phi) is 4.62. The van der Waals surface area contributed by atoms with Crippen LogP contribution in [-0.2, 0) is 11.3 Å². The number of piperidine rings is 1. The molecule has 1 aromatic heterocycles. The van der Waals surface area contributed by atoms with Gasteiger partial charge in [0.1, 0.15) is 0 Å². The van der Waals surface area contributed by atoms with Crippen LogP contribution in [0.1, 0.15) is 19.3 Å². The summed E-state index contributed by atoms with van der Waals surface area (Å²) in [5.41, 5.74) is 0. The highest BCUT2D eigenvalue weighted by Gasteiger charge is 2.16. The van der Waals surface area contributed by atoms with Gasteiger partial charge in [0.25, 0.3) is 0 Å². The molecule has 0 saturated carbocycles. The van der Waals surface area contributed by atoms with Gasteiger partial charge in [0.15, 0.2) is 0 Å². The molecule has 0 spiro atoms. The van der Waals surface area contributed by atoms with Crippen molar-refractivity contribution in [1.82, 2.24) is 15.2 Å². The van der Waals surface area contributed by atoms with Crippen LogP contribution in [0.15, 0.2) is 24.5 Å². The lowest BCUT2D eigenvalue weighted by Gasteiger charge is -2.21. The lowest BCUT2D eigenvalue weighted by Crippen LogP contribution is -2.33. The Bertz CT molecular complexity index is 328. The van der Waals surface area contributed by atoms with Crippen molar-refractivity contribution in [2.45, 2.75) is 25.8 Å². The summed E-state index contributed by atoms with van der Waals surface area (Å²) in [4.78, 5) is 11.7. The van der Waals surface area contributed by atoms with Gasteiger partial charge in [-0.15, -0.1) is 0 Å². The standard InChI is InChI=1S/C13H21N3O/c17-13(11-12-3-5-14-6-4-12)15-7-10-16-8-1-2-9-16/h1-2,8-9,12,14H,3-7,10-11H2,(H,15,17). The highest BCUT2D eigenvalue weighted by atomic mass is 16.1. The van der Waals surface area contributed by atoms with Gasteiger partial charge in [0.05, 0.1) is 0 Å². The fourth-order valence-electron chi connectivity index (χ4n) is 2.26. The van der Waals surface area contributed by atoms with Crippen LogP contribution in [0.5, 0.6) is 0 Å². The first kappa shape index (κ1) is 12.2. The summed E-state index contributed by atoms with van der Waals surface area (Å²) in [6, 6.07) is 3.99. The summed E-state index contributed by atoms with van der Waals surface area (Å²) in [6.07, 6.45) is 6.97. The van der Waals surface area contributed by atoms with Crippen molar-refractivity contribution in [3.8, 4) is 0 Å². The Hall–Kier alpha value is -1.29. The van der Waals surface area contributed by atoms with E-state index in [4.69, 9.17) is 0 Å².